The smallest absolute Gasteiger partial charge is 0.263 e. The van der Waals surface area contributed by atoms with E-state index >= 15 is 0 Å². The fourth-order valence-electron chi connectivity index (χ4n) is 3.78. The zero-order valence-electron chi connectivity index (χ0n) is 15.8. The van der Waals surface area contributed by atoms with Gasteiger partial charge in [-0.1, -0.05) is 25.3 Å². The van der Waals surface area contributed by atoms with Crippen molar-refractivity contribution < 1.29 is 4.79 Å². The van der Waals surface area contributed by atoms with E-state index in [2.05, 4.69) is 5.10 Å². The molecule has 0 unspecified atom stereocenters. The third-order valence-electron chi connectivity index (χ3n) is 5.34. The van der Waals surface area contributed by atoms with Crippen LogP contribution in [0, 0.1) is 0 Å². The van der Waals surface area contributed by atoms with E-state index in [4.69, 9.17) is 4.99 Å². The lowest BCUT2D eigenvalue weighted by Crippen LogP contribution is -2.29. The second kappa shape index (κ2) is 7.91. The van der Waals surface area contributed by atoms with Crippen LogP contribution in [0.4, 0.5) is 5.69 Å². The summed E-state index contributed by atoms with van der Waals surface area (Å²) in [5, 5.41) is 6.50. The number of aromatic nitrogens is 1. The van der Waals surface area contributed by atoms with Gasteiger partial charge in [0.1, 0.15) is 5.49 Å². The van der Waals surface area contributed by atoms with Gasteiger partial charge >= 0.3 is 0 Å². The van der Waals surface area contributed by atoms with Gasteiger partial charge in [0.2, 0.25) is 0 Å². The molecule has 0 bridgehead atoms. The van der Waals surface area contributed by atoms with Gasteiger partial charge in [-0.2, -0.15) is 5.10 Å². The van der Waals surface area contributed by atoms with Crippen LogP contribution in [0.2, 0.25) is 0 Å². The molecule has 0 atom stereocenters. The summed E-state index contributed by atoms with van der Waals surface area (Å²) in [5.41, 5.74) is 3.57. The Bertz CT molecular complexity index is 904. The molecule has 27 heavy (non-hydrogen) atoms. The highest BCUT2D eigenvalue weighted by molar-refractivity contribution is 5.96. The molecule has 140 valence electrons. The highest BCUT2D eigenvalue weighted by Gasteiger charge is 2.15. The lowest BCUT2D eigenvalue weighted by Gasteiger charge is -2.18. The van der Waals surface area contributed by atoms with Crippen LogP contribution in [0.5, 0.6) is 0 Å². The Hall–Kier alpha value is -2.69. The Morgan fingerprint density at radius 1 is 1.07 bits per heavy atom. The van der Waals surface area contributed by atoms with Crippen LogP contribution >= 0.6 is 0 Å². The molecule has 1 aromatic heterocycles. The summed E-state index contributed by atoms with van der Waals surface area (Å²) in [7, 11) is 0. The van der Waals surface area contributed by atoms with Gasteiger partial charge in [0, 0.05) is 30.4 Å². The van der Waals surface area contributed by atoms with Gasteiger partial charge in [0.15, 0.2) is 0 Å². The minimum Gasteiger partial charge on any atom is -0.268 e. The summed E-state index contributed by atoms with van der Waals surface area (Å²) in [6.45, 7) is 2.94. The fourth-order valence-corrected chi connectivity index (χ4v) is 3.78. The first-order valence-electron chi connectivity index (χ1n) is 9.88. The van der Waals surface area contributed by atoms with Crippen molar-refractivity contribution in [2.24, 2.45) is 10.1 Å². The van der Waals surface area contributed by atoms with Crippen molar-refractivity contribution in [3.63, 3.8) is 0 Å². The largest absolute Gasteiger partial charge is 0.268 e. The monoisotopic (exact) mass is 362 g/mol. The van der Waals surface area contributed by atoms with Gasteiger partial charge in [-0.3, -0.25) is 19.4 Å². The number of carbonyl (C=O) groups excluding carboxylic acids is 1. The van der Waals surface area contributed by atoms with Crippen molar-refractivity contribution in [1.29, 1.82) is 0 Å². The topological polar surface area (TPSA) is 50.0 Å². The Balaban J connectivity index is 1.59. The quantitative estimate of drug-likeness (QED) is 0.829. The van der Waals surface area contributed by atoms with Gasteiger partial charge in [-0.15, -0.1) is 0 Å². The predicted octanol–water partition coefficient (Wildman–Crippen LogP) is 4.00. The Morgan fingerprint density at radius 3 is 2.56 bits per heavy atom. The lowest BCUT2D eigenvalue weighted by molar-refractivity contribution is 0.0954. The molecule has 2 aliphatic rings. The summed E-state index contributed by atoms with van der Waals surface area (Å²) in [6, 6.07) is 13.8. The summed E-state index contributed by atoms with van der Waals surface area (Å²) < 4.78 is 1.67. The van der Waals surface area contributed by atoms with E-state index < -0.39 is 0 Å². The summed E-state index contributed by atoms with van der Waals surface area (Å²) in [4.78, 5) is 17.9. The number of benzene rings is 1. The van der Waals surface area contributed by atoms with Gasteiger partial charge in [0.05, 0.1) is 11.7 Å². The molecule has 5 nitrogen and oxygen atoms in total. The first-order chi connectivity index (χ1) is 13.2. The average Bonchev–Trinajstić information content (AvgIpc) is 3.15. The van der Waals surface area contributed by atoms with Crippen LogP contribution in [-0.4, -0.2) is 28.8 Å². The molecule has 1 saturated carbocycles. The highest BCUT2D eigenvalue weighted by Crippen LogP contribution is 2.21. The van der Waals surface area contributed by atoms with E-state index in [-0.39, 0.29) is 5.91 Å². The zero-order valence-corrected chi connectivity index (χ0v) is 15.8. The molecule has 2 heterocycles. The van der Waals surface area contributed by atoms with E-state index in [1.807, 2.05) is 60.6 Å². The Morgan fingerprint density at radius 2 is 1.85 bits per heavy atom. The Kier molecular flexibility index (Phi) is 5.19. The van der Waals surface area contributed by atoms with E-state index in [9.17, 15) is 4.79 Å². The zero-order chi connectivity index (χ0) is 18.6. The van der Waals surface area contributed by atoms with Gasteiger partial charge in [-0.05, 0) is 56.2 Å². The number of carbonyl (C=O) groups is 1. The summed E-state index contributed by atoms with van der Waals surface area (Å²) >= 11 is 0. The van der Waals surface area contributed by atoms with Gasteiger partial charge in [0.25, 0.3) is 5.91 Å². The molecule has 0 N–H and O–H groups in total. The van der Waals surface area contributed by atoms with E-state index in [0.29, 0.717) is 11.6 Å². The summed E-state index contributed by atoms with van der Waals surface area (Å²) in [6.07, 6.45) is 8.80. The molecule has 1 aliphatic heterocycles. The highest BCUT2D eigenvalue weighted by atomic mass is 16.2. The first-order valence-corrected chi connectivity index (χ1v) is 9.88. The van der Waals surface area contributed by atoms with Crippen LogP contribution in [0.3, 0.4) is 0 Å². The number of hydrogen-bond acceptors (Lipinski definition) is 4. The average molecular weight is 362 g/mol. The third-order valence-corrected chi connectivity index (χ3v) is 5.34. The van der Waals surface area contributed by atoms with E-state index in [1.54, 1.807) is 4.57 Å². The number of hydrogen-bond donors (Lipinski definition) is 0. The number of hydrazone groups is 1. The second-order valence-corrected chi connectivity index (χ2v) is 7.41. The molecular formula is C22H26N4O. The van der Waals surface area contributed by atoms with Crippen LogP contribution in [0.25, 0.3) is 0 Å². The van der Waals surface area contributed by atoms with Crippen molar-refractivity contribution in [1.82, 2.24) is 4.57 Å². The molecule has 1 aliphatic carbocycles. The SMILES string of the molecule is CC1=NN(c2ccc(C(=O)n3ccccc3=NC3CCCCC3)cc2)CC1. The maximum absolute atomic E-state index is 13.1. The normalized spacial score (nSPS) is 18.6. The molecule has 4 rings (SSSR count). The summed E-state index contributed by atoms with van der Waals surface area (Å²) in [5.74, 6) is -0.0437. The maximum Gasteiger partial charge on any atom is 0.263 e. The van der Waals surface area contributed by atoms with Crippen molar-refractivity contribution in [3.8, 4) is 0 Å². The lowest BCUT2D eigenvalue weighted by atomic mass is 9.96. The molecule has 0 radical (unpaired) electrons. The molecule has 1 fully saturated rings. The molecule has 2 aromatic rings. The number of pyridine rings is 1. The minimum atomic E-state index is -0.0437. The van der Waals surface area contributed by atoms with Gasteiger partial charge < -0.3 is 0 Å². The number of anilines is 1. The maximum atomic E-state index is 13.1. The van der Waals surface area contributed by atoms with Gasteiger partial charge in [-0.25, -0.2) is 0 Å². The standard InChI is InChI=1S/C22H26N4O/c1-17-14-16-26(24-17)20-12-10-18(11-13-20)22(27)25-15-6-5-9-21(25)23-19-7-3-2-4-8-19/h5-6,9-13,15,19H,2-4,7-8,14,16H2,1H3. The van der Waals surface area contributed by atoms with Crippen molar-refractivity contribution in [2.45, 2.75) is 51.5 Å². The minimum absolute atomic E-state index is 0.0437. The Labute approximate surface area is 160 Å². The van der Waals surface area contributed by atoms with E-state index in [1.165, 1.54) is 19.3 Å². The molecule has 1 aromatic carbocycles. The van der Waals surface area contributed by atoms with Crippen molar-refractivity contribution >= 4 is 17.3 Å². The van der Waals surface area contributed by atoms with Crippen LogP contribution in [-0.2, 0) is 0 Å². The van der Waals surface area contributed by atoms with Crippen LogP contribution in [0.1, 0.15) is 55.8 Å². The molecule has 5 heteroatoms. The molecule has 0 saturated heterocycles. The predicted molar refractivity (Wildman–Crippen MR) is 108 cm³/mol. The molecule has 0 spiro atoms. The number of rotatable bonds is 3. The molecule has 0 amide bonds. The fraction of sp³-hybridized carbons (Fsp3) is 0.409. The van der Waals surface area contributed by atoms with Crippen LogP contribution < -0.4 is 10.5 Å². The second-order valence-electron chi connectivity index (χ2n) is 7.41. The van der Waals surface area contributed by atoms with Crippen molar-refractivity contribution in [3.05, 3.63) is 59.7 Å². The van der Waals surface area contributed by atoms with Crippen molar-refractivity contribution in [2.75, 3.05) is 11.6 Å². The first kappa shape index (κ1) is 17.7. The third kappa shape index (κ3) is 4.02. The van der Waals surface area contributed by atoms with Crippen LogP contribution in [0.15, 0.2) is 58.8 Å². The molecular weight excluding hydrogens is 336 g/mol. The number of nitrogens with zero attached hydrogens (tertiary/aromatic N) is 4. The van der Waals surface area contributed by atoms with E-state index in [0.717, 1.165) is 42.7 Å².